The third-order valence-electron chi connectivity index (χ3n) is 4.08. The number of aromatic amines is 1. The Labute approximate surface area is 148 Å². The predicted octanol–water partition coefficient (Wildman–Crippen LogP) is 3.23. The van der Waals surface area contributed by atoms with Crippen molar-refractivity contribution in [1.82, 2.24) is 9.71 Å². The number of rotatable bonds is 8. The molecule has 2 N–H and O–H groups in total. The summed E-state index contributed by atoms with van der Waals surface area (Å²) in [5.41, 5.74) is 3.19. The van der Waals surface area contributed by atoms with E-state index in [2.05, 4.69) is 9.71 Å². The van der Waals surface area contributed by atoms with Gasteiger partial charge in [0.05, 0.1) is 5.75 Å². The van der Waals surface area contributed by atoms with Crippen LogP contribution in [0.5, 0.6) is 5.75 Å². The lowest BCUT2D eigenvalue weighted by Gasteiger charge is -2.07. The Morgan fingerprint density at radius 3 is 2.68 bits per heavy atom. The molecule has 6 heteroatoms. The van der Waals surface area contributed by atoms with Crippen LogP contribution in [0.3, 0.4) is 0 Å². The Morgan fingerprint density at radius 1 is 1.12 bits per heavy atom. The van der Waals surface area contributed by atoms with Gasteiger partial charge in [-0.1, -0.05) is 30.3 Å². The van der Waals surface area contributed by atoms with Gasteiger partial charge in [0.25, 0.3) is 0 Å². The van der Waals surface area contributed by atoms with Crippen molar-refractivity contribution in [2.45, 2.75) is 20.0 Å². The van der Waals surface area contributed by atoms with Gasteiger partial charge in [0, 0.05) is 29.7 Å². The zero-order valence-corrected chi connectivity index (χ0v) is 15.0. The number of sulfonamides is 1. The summed E-state index contributed by atoms with van der Waals surface area (Å²) in [5.74, 6) is 0.902. The molecule has 3 rings (SSSR count). The first-order chi connectivity index (χ1) is 12.1. The number of aromatic nitrogens is 1. The van der Waals surface area contributed by atoms with Crippen LogP contribution in [0.15, 0.2) is 54.7 Å². The van der Waals surface area contributed by atoms with Gasteiger partial charge in [-0.05, 0) is 36.6 Å². The number of benzene rings is 2. The lowest BCUT2D eigenvalue weighted by atomic mass is 10.1. The highest BCUT2D eigenvalue weighted by Crippen LogP contribution is 2.24. The van der Waals surface area contributed by atoms with E-state index in [1.165, 1.54) is 0 Å². The monoisotopic (exact) mass is 358 g/mol. The van der Waals surface area contributed by atoms with Crippen molar-refractivity contribution in [2.24, 2.45) is 0 Å². The second kappa shape index (κ2) is 7.72. The average Bonchev–Trinajstić information content (AvgIpc) is 3.03. The highest BCUT2D eigenvalue weighted by molar-refractivity contribution is 7.89. The quantitative estimate of drug-likeness (QED) is 0.649. The molecule has 0 spiro atoms. The van der Waals surface area contributed by atoms with E-state index in [0.717, 1.165) is 27.8 Å². The standard InChI is InChI=1S/C19H22N2O3S/c1-2-25(22,23)21-11-10-16-13-20-19-12-17(8-9-18(16)19)24-14-15-6-4-3-5-7-15/h3-9,12-13,20-21H,2,10-11,14H2,1H3. The minimum Gasteiger partial charge on any atom is -0.489 e. The van der Waals surface area contributed by atoms with E-state index in [0.29, 0.717) is 19.6 Å². The summed E-state index contributed by atoms with van der Waals surface area (Å²) < 4.78 is 31.4. The number of H-pyrrole nitrogens is 1. The van der Waals surface area contributed by atoms with Crippen molar-refractivity contribution in [3.8, 4) is 5.75 Å². The number of nitrogens with one attached hydrogen (secondary N) is 2. The van der Waals surface area contributed by atoms with Gasteiger partial charge in [-0.25, -0.2) is 13.1 Å². The molecule has 1 aromatic heterocycles. The maximum Gasteiger partial charge on any atom is 0.211 e. The van der Waals surface area contributed by atoms with E-state index in [4.69, 9.17) is 4.74 Å². The van der Waals surface area contributed by atoms with Gasteiger partial charge in [-0.2, -0.15) is 0 Å². The maximum absolute atomic E-state index is 11.5. The lowest BCUT2D eigenvalue weighted by molar-refractivity contribution is 0.306. The van der Waals surface area contributed by atoms with Gasteiger partial charge in [-0.15, -0.1) is 0 Å². The number of fused-ring (bicyclic) bond motifs is 1. The molecule has 5 nitrogen and oxygen atoms in total. The summed E-state index contributed by atoms with van der Waals surface area (Å²) in [4.78, 5) is 3.23. The molecule has 25 heavy (non-hydrogen) atoms. The smallest absolute Gasteiger partial charge is 0.211 e. The van der Waals surface area contributed by atoms with Crippen molar-refractivity contribution < 1.29 is 13.2 Å². The van der Waals surface area contributed by atoms with Gasteiger partial charge in [0.1, 0.15) is 12.4 Å². The first-order valence-electron chi connectivity index (χ1n) is 8.31. The van der Waals surface area contributed by atoms with Crippen molar-refractivity contribution >= 4 is 20.9 Å². The first-order valence-corrected chi connectivity index (χ1v) is 9.97. The van der Waals surface area contributed by atoms with Crippen molar-refractivity contribution in [3.05, 3.63) is 65.9 Å². The molecule has 0 aliphatic carbocycles. The number of hydrogen-bond donors (Lipinski definition) is 2. The summed E-state index contributed by atoms with van der Waals surface area (Å²) in [5, 5.41) is 1.09. The summed E-state index contributed by atoms with van der Waals surface area (Å²) in [7, 11) is -3.15. The van der Waals surface area contributed by atoms with Crippen LogP contribution in [0.2, 0.25) is 0 Å². The highest BCUT2D eigenvalue weighted by Gasteiger charge is 2.08. The van der Waals surface area contributed by atoms with Gasteiger partial charge in [0.2, 0.25) is 10.0 Å². The molecular weight excluding hydrogens is 336 g/mol. The molecule has 0 saturated heterocycles. The van der Waals surface area contributed by atoms with Crippen molar-refractivity contribution in [1.29, 1.82) is 0 Å². The fourth-order valence-electron chi connectivity index (χ4n) is 2.65. The molecule has 0 fully saturated rings. The molecule has 2 aromatic carbocycles. The summed E-state index contributed by atoms with van der Waals surface area (Å²) in [6.45, 7) is 2.55. The molecule has 0 atom stereocenters. The topological polar surface area (TPSA) is 71.2 Å². The van der Waals surface area contributed by atoms with Gasteiger partial charge >= 0.3 is 0 Å². The molecule has 0 radical (unpaired) electrons. The summed E-state index contributed by atoms with van der Waals surface area (Å²) in [6.07, 6.45) is 2.56. The van der Waals surface area contributed by atoms with Crippen LogP contribution in [-0.2, 0) is 23.1 Å². The SMILES string of the molecule is CCS(=O)(=O)NCCc1c[nH]c2cc(OCc3ccccc3)ccc12. The molecule has 0 bridgehead atoms. The summed E-state index contributed by atoms with van der Waals surface area (Å²) in [6, 6.07) is 16.0. The molecule has 1 heterocycles. The first kappa shape index (κ1) is 17.5. The minimum absolute atomic E-state index is 0.100. The fraction of sp³-hybridized carbons (Fsp3) is 0.263. The molecule has 0 aliphatic rings. The Kier molecular flexibility index (Phi) is 5.40. The summed E-state index contributed by atoms with van der Waals surface area (Å²) >= 11 is 0. The van der Waals surface area contributed by atoms with E-state index >= 15 is 0 Å². The van der Waals surface area contributed by atoms with Crippen molar-refractivity contribution in [2.75, 3.05) is 12.3 Å². The van der Waals surface area contributed by atoms with E-state index in [-0.39, 0.29) is 5.75 Å². The van der Waals surface area contributed by atoms with Crippen LogP contribution in [0, 0.1) is 0 Å². The predicted molar refractivity (Wildman–Crippen MR) is 100 cm³/mol. The van der Waals surface area contributed by atoms with E-state index < -0.39 is 10.0 Å². The van der Waals surface area contributed by atoms with E-state index in [1.807, 2.05) is 54.7 Å². The van der Waals surface area contributed by atoms with Gasteiger partial charge < -0.3 is 9.72 Å². The van der Waals surface area contributed by atoms with Crippen LogP contribution in [-0.4, -0.2) is 25.7 Å². The van der Waals surface area contributed by atoms with Crippen LogP contribution in [0.1, 0.15) is 18.1 Å². The van der Waals surface area contributed by atoms with Crippen LogP contribution in [0.25, 0.3) is 10.9 Å². The van der Waals surface area contributed by atoms with Gasteiger partial charge in [0.15, 0.2) is 0 Å². The molecule has 3 aromatic rings. The Hall–Kier alpha value is -2.31. The second-order valence-corrected chi connectivity index (χ2v) is 7.94. The molecule has 0 unspecified atom stereocenters. The maximum atomic E-state index is 11.5. The Bertz CT molecular complexity index is 934. The Balaban J connectivity index is 1.64. The molecule has 0 amide bonds. The van der Waals surface area contributed by atoms with Gasteiger partial charge in [-0.3, -0.25) is 0 Å². The molecular formula is C19H22N2O3S. The van der Waals surface area contributed by atoms with Crippen molar-refractivity contribution in [3.63, 3.8) is 0 Å². The second-order valence-electron chi connectivity index (χ2n) is 5.84. The fourth-order valence-corrected chi connectivity index (χ4v) is 3.26. The zero-order valence-electron chi connectivity index (χ0n) is 14.2. The van der Waals surface area contributed by atoms with Crippen LogP contribution < -0.4 is 9.46 Å². The lowest BCUT2D eigenvalue weighted by Crippen LogP contribution is -2.27. The van der Waals surface area contributed by atoms with E-state index in [1.54, 1.807) is 6.92 Å². The minimum atomic E-state index is -3.15. The average molecular weight is 358 g/mol. The molecule has 0 aliphatic heterocycles. The third-order valence-corrected chi connectivity index (χ3v) is 5.49. The van der Waals surface area contributed by atoms with Crippen LogP contribution >= 0.6 is 0 Å². The highest BCUT2D eigenvalue weighted by atomic mass is 32.2. The Morgan fingerprint density at radius 2 is 1.92 bits per heavy atom. The third kappa shape index (κ3) is 4.61. The van der Waals surface area contributed by atoms with E-state index in [9.17, 15) is 8.42 Å². The largest absolute Gasteiger partial charge is 0.489 e. The molecule has 0 saturated carbocycles. The van der Waals surface area contributed by atoms with Crippen LogP contribution in [0.4, 0.5) is 0 Å². The molecule has 132 valence electrons. The number of hydrogen-bond acceptors (Lipinski definition) is 3. The zero-order chi connectivity index (χ0) is 17.7. The number of ether oxygens (including phenoxy) is 1. The normalized spacial score (nSPS) is 11.7.